The van der Waals surface area contributed by atoms with Gasteiger partial charge in [0.15, 0.2) is 0 Å². The molecule has 10 heavy (non-hydrogen) atoms. The van der Waals surface area contributed by atoms with Gasteiger partial charge < -0.3 is 16.5 Å². The maximum absolute atomic E-state index is 6.90. The minimum Gasteiger partial charge on any atom is -0.385 e. The van der Waals surface area contributed by atoms with Gasteiger partial charge in [0.25, 0.3) is 0 Å². The summed E-state index contributed by atoms with van der Waals surface area (Å²) in [5.74, 6) is 0.650. The van der Waals surface area contributed by atoms with Crippen LogP contribution in [0.1, 0.15) is 19.8 Å². The molecular formula is C7H13N3. The van der Waals surface area contributed by atoms with Crippen LogP contribution in [0.4, 0.5) is 0 Å². The standard InChI is InChI=1S/C7H13N3/c1-5(4-8)7(9)10-6-2-3-6/h4,6,8,10H,2-3,9H2,1H3/b7-5-,8-4?. The highest BCUT2D eigenvalue weighted by atomic mass is 15.0. The van der Waals surface area contributed by atoms with Gasteiger partial charge in [-0.3, -0.25) is 0 Å². The molecule has 0 aromatic carbocycles. The molecule has 1 rings (SSSR count). The van der Waals surface area contributed by atoms with E-state index in [9.17, 15) is 0 Å². The van der Waals surface area contributed by atoms with Crippen LogP contribution in [0, 0.1) is 5.41 Å². The van der Waals surface area contributed by atoms with Crippen molar-refractivity contribution >= 4 is 6.21 Å². The Morgan fingerprint density at radius 1 is 1.70 bits per heavy atom. The predicted molar refractivity (Wildman–Crippen MR) is 41.8 cm³/mol. The third-order valence-electron chi connectivity index (χ3n) is 1.58. The molecule has 0 saturated heterocycles. The van der Waals surface area contributed by atoms with Crippen LogP contribution in [0.15, 0.2) is 11.4 Å². The maximum Gasteiger partial charge on any atom is 0.101 e. The third kappa shape index (κ3) is 1.76. The van der Waals surface area contributed by atoms with E-state index in [0.717, 1.165) is 5.57 Å². The Morgan fingerprint density at radius 3 is 2.70 bits per heavy atom. The summed E-state index contributed by atoms with van der Waals surface area (Å²) in [6.45, 7) is 1.83. The smallest absolute Gasteiger partial charge is 0.101 e. The fourth-order valence-electron chi connectivity index (χ4n) is 0.639. The van der Waals surface area contributed by atoms with Crippen molar-refractivity contribution < 1.29 is 0 Å². The van der Waals surface area contributed by atoms with Crippen LogP contribution in [0.3, 0.4) is 0 Å². The monoisotopic (exact) mass is 139 g/mol. The van der Waals surface area contributed by atoms with Crippen LogP contribution in [0.2, 0.25) is 0 Å². The lowest BCUT2D eigenvalue weighted by Gasteiger charge is -2.04. The molecular weight excluding hydrogens is 126 g/mol. The van der Waals surface area contributed by atoms with Gasteiger partial charge >= 0.3 is 0 Å². The summed E-state index contributed by atoms with van der Waals surface area (Å²) in [5, 5.41) is 10.0. The second-order valence-corrected chi connectivity index (χ2v) is 2.66. The molecule has 1 saturated carbocycles. The maximum atomic E-state index is 6.90. The summed E-state index contributed by atoms with van der Waals surface area (Å²) in [5.41, 5.74) is 6.40. The van der Waals surface area contributed by atoms with Crippen molar-refractivity contribution in [1.29, 1.82) is 5.41 Å². The SMILES string of the molecule is C/C(C=N)=C(\N)NC1CC1. The van der Waals surface area contributed by atoms with E-state index in [-0.39, 0.29) is 0 Å². The van der Waals surface area contributed by atoms with E-state index in [1.807, 2.05) is 6.92 Å². The summed E-state index contributed by atoms with van der Waals surface area (Å²) in [6, 6.07) is 0.579. The molecule has 3 nitrogen and oxygen atoms in total. The lowest BCUT2D eigenvalue weighted by atomic mass is 10.3. The van der Waals surface area contributed by atoms with Crippen LogP contribution in [0.5, 0.6) is 0 Å². The zero-order valence-electron chi connectivity index (χ0n) is 6.15. The van der Waals surface area contributed by atoms with E-state index in [2.05, 4.69) is 5.32 Å². The molecule has 0 heterocycles. The van der Waals surface area contributed by atoms with Crippen molar-refractivity contribution in [3.63, 3.8) is 0 Å². The fraction of sp³-hybridized carbons (Fsp3) is 0.571. The zero-order chi connectivity index (χ0) is 7.56. The Bertz CT molecular complexity index is 168. The first-order chi connectivity index (χ1) is 4.74. The first kappa shape index (κ1) is 7.12. The topological polar surface area (TPSA) is 61.9 Å². The van der Waals surface area contributed by atoms with Crippen LogP contribution in [-0.4, -0.2) is 12.3 Å². The Kier molecular flexibility index (Phi) is 1.94. The van der Waals surface area contributed by atoms with Gasteiger partial charge in [0.1, 0.15) is 5.82 Å². The summed E-state index contributed by atoms with van der Waals surface area (Å²) < 4.78 is 0. The zero-order valence-corrected chi connectivity index (χ0v) is 6.15. The molecule has 1 aliphatic rings. The largest absolute Gasteiger partial charge is 0.385 e. The quantitative estimate of drug-likeness (QED) is 0.501. The normalized spacial score (nSPS) is 19.7. The van der Waals surface area contributed by atoms with Crippen molar-refractivity contribution in [2.75, 3.05) is 0 Å². The highest BCUT2D eigenvalue weighted by molar-refractivity contribution is 5.75. The highest BCUT2D eigenvalue weighted by Gasteiger charge is 2.21. The van der Waals surface area contributed by atoms with Gasteiger partial charge in [0.2, 0.25) is 0 Å². The molecule has 0 aromatic heterocycles. The Hall–Kier alpha value is -0.990. The van der Waals surface area contributed by atoms with E-state index in [0.29, 0.717) is 11.9 Å². The molecule has 0 atom stereocenters. The highest BCUT2D eigenvalue weighted by Crippen LogP contribution is 2.19. The molecule has 56 valence electrons. The Morgan fingerprint density at radius 2 is 2.30 bits per heavy atom. The Labute approximate surface area is 60.8 Å². The summed E-state index contributed by atoms with van der Waals surface area (Å²) in [4.78, 5) is 0. The third-order valence-corrected chi connectivity index (χ3v) is 1.58. The molecule has 0 unspecified atom stereocenters. The molecule has 0 aromatic rings. The first-order valence-electron chi connectivity index (χ1n) is 3.47. The van der Waals surface area contributed by atoms with Gasteiger partial charge in [-0.05, 0) is 19.8 Å². The predicted octanol–water partition coefficient (Wildman–Crippen LogP) is 0.578. The van der Waals surface area contributed by atoms with E-state index in [1.165, 1.54) is 19.1 Å². The van der Waals surface area contributed by atoms with Gasteiger partial charge in [-0.1, -0.05) is 0 Å². The molecule has 1 fully saturated rings. The van der Waals surface area contributed by atoms with E-state index < -0.39 is 0 Å². The summed E-state index contributed by atoms with van der Waals surface area (Å²) >= 11 is 0. The number of hydrogen-bond acceptors (Lipinski definition) is 3. The second-order valence-electron chi connectivity index (χ2n) is 2.66. The van der Waals surface area contributed by atoms with Crippen molar-refractivity contribution in [1.82, 2.24) is 5.32 Å². The van der Waals surface area contributed by atoms with E-state index in [4.69, 9.17) is 11.1 Å². The summed E-state index contributed by atoms with van der Waals surface area (Å²) in [6.07, 6.45) is 3.70. The molecule has 4 N–H and O–H groups in total. The van der Waals surface area contributed by atoms with Crippen molar-refractivity contribution in [3.05, 3.63) is 11.4 Å². The molecule has 0 amide bonds. The van der Waals surface area contributed by atoms with Crippen LogP contribution < -0.4 is 11.1 Å². The van der Waals surface area contributed by atoms with Gasteiger partial charge in [0.05, 0.1) is 0 Å². The van der Waals surface area contributed by atoms with E-state index >= 15 is 0 Å². The molecule has 0 bridgehead atoms. The number of nitrogens with one attached hydrogen (secondary N) is 2. The molecule has 3 heteroatoms. The minimum absolute atomic E-state index is 0.579. The van der Waals surface area contributed by atoms with Gasteiger partial charge in [0, 0.05) is 17.8 Å². The lowest BCUT2D eigenvalue weighted by molar-refractivity contribution is 0.787. The number of allylic oxidation sites excluding steroid dienone is 1. The lowest BCUT2D eigenvalue weighted by Crippen LogP contribution is -2.23. The molecule has 0 spiro atoms. The van der Waals surface area contributed by atoms with E-state index in [1.54, 1.807) is 0 Å². The number of rotatable bonds is 3. The second kappa shape index (κ2) is 2.73. The average molecular weight is 139 g/mol. The number of hydrogen-bond donors (Lipinski definition) is 3. The molecule has 1 aliphatic carbocycles. The summed E-state index contributed by atoms with van der Waals surface area (Å²) in [7, 11) is 0. The Balaban J connectivity index is 2.43. The van der Waals surface area contributed by atoms with Gasteiger partial charge in [-0.15, -0.1) is 0 Å². The van der Waals surface area contributed by atoms with Crippen molar-refractivity contribution in [3.8, 4) is 0 Å². The number of nitrogens with two attached hydrogens (primary N) is 1. The molecule has 0 aliphatic heterocycles. The fourth-order valence-corrected chi connectivity index (χ4v) is 0.639. The van der Waals surface area contributed by atoms with Gasteiger partial charge in [-0.25, -0.2) is 0 Å². The molecule has 0 radical (unpaired) electrons. The average Bonchev–Trinajstić information content (AvgIpc) is 2.70. The van der Waals surface area contributed by atoms with Crippen LogP contribution in [-0.2, 0) is 0 Å². The van der Waals surface area contributed by atoms with Crippen LogP contribution in [0.25, 0.3) is 0 Å². The van der Waals surface area contributed by atoms with Crippen molar-refractivity contribution in [2.45, 2.75) is 25.8 Å². The van der Waals surface area contributed by atoms with Gasteiger partial charge in [-0.2, -0.15) is 0 Å². The van der Waals surface area contributed by atoms with Crippen LogP contribution >= 0.6 is 0 Å². The first-order valence-corrected chi connectivity index (χ1v) is 3.47. The van der Waals surface area contributed by atoms with Crippen molar-refractivity contribution in [2.24, 2.45) is 5.73 Å². The minimum atomic E-state index is 0.579.